The molecule has 1 fully saturated rings. The first-order chi connectivity index (χ1) is 9.82. The number of carboxylic acid groups (broad SMARTS) is 1. The summed E-state index contributed by atoms with van der Waals surface area (Å²) in [5.74, 6) is -1.87. The van der Waals surface area contributed by atoms with Gasteiger partial charge in [-0.05, 0) is 31.9 Å². The van der Waals surface area contributed by atoms with Gasteiger partial charge in [0.05, 0.1) is 10.8 Å². The van der Waals surface area contributed by atoms with Crippen molar-refractivity contribution in [3.05, 3.63) is 29.8 Å². The minimum absolute atomic E-state index is 0.0258. The van der Waals surface area contributed by atoms with Crippen molar-refractivity contribution in [2.24, 2.45) is 5.92 Å². The minimum atomic E-state index is -3.77. The van der Waals surface area contributed by atoms with Gasteiger partial charge in [-0.15, -0.1) is 0 Å². The zero-order valence-corrected chi connectivity index (χ0v) is 12.5. The Balaban J connectivity index is 2.31. The van der Waals surface area contributed by atoms with Gasteiger partial charge < -0.3 is 5.11 Å². The van der Waals surface area contributed by atoms with Crippen LogP contribution in [-0.4, -0.2) is 42.7 Å². The number of hydrogen-bond acceptors (Lipinski definition) is 4. The lowest BCUT2D eigenvalue weighted by Crippen LogP contribution is -2.42. The van der Waals surface area contributed by atoms with Gasteiger partial charge in [0.15, 0.2) is 5.78 Å². The summed E-state index contributed by atoms with van der Waals surface area (Å²) in [5.41, 5.74) is 0.322. The summed E-state index contributed by atoms with van der Waals surface area (Å²) in [5, 5.41) is 9.04. The van der Waals surface area contributed by atoms with Crippen molar-refractivity contribution in [1.82, 2.24) is 4.31 Å². The molecule has 7 heteroatoms. The van der Waals surface area contributed by atoms with Crippen LogP contribution in [0.5, 0.6) is 0 Å². The molecule has 0 bridgehead atoms. The third kappa shape index (κ3) is 3.30. The van der Waals surface area contributed by atoms with Crippen molar-refractivity contribution < 1.29 is 23.1 Å². The number of rotatable bonds is 4. The number of benzene rings is 1. The SMILES string of the molecule is CC(=O)c1cccc(S(=O)(=O)N2CCC[C@H](C(=O)O)C2)c1. The number of aliphatic carboxylic acids is 1. The molecule has 1 heterocycles. The first-order valence-electron chi connectivity index (χ1n) is 6.66. The van der Waals surface area contributed by atoms with E-state index < -0.39 is 21.9 Å². The highest BCUT2D eigenvalue weighted by Gasteiger charge is 2.33. The Morgan fingerprint density at radius 1 is 1.33 bits per heavy atom. The second-order valence-corrected chi connectivity index (χ2v) is 7.06. The van der Waals surface area contributed by atoms with E-state index in [-0.39, 0.29) is 17.2 Å². The fraction of sp³-hybridized carbons (Fsp3) is 0.429. The lowest BCUT2D eigenvalue weighted by molar-refractivity contribution is -0.142. The number of nitrogens with zero attached hydrogens (tertiary/aromatic N) is 1. The molecule has 0 aliphatic carbocycles. The zero-order valence-electron chi connectivity index (χ0n) is 11.7. The van der Waals surface area contributed by atoms with Gasteiger partial charge in [0, 0.05) is 18.7 Å². The number of carbonyl (C=O) groups excluding carboxylic acids is 1. The summed E-state index contributed by atoms with van der Waals surface area (Å²) in [6, 6.07) is 5.83. The number of sulfonamides is 1. The number of hydrogen-bond donors (Lipinski definition) is 1. The van der Waals surface area contributed by atoms with E-state index in [0.29, 0.717) is 24.9 Å². The second-order valence-electron chi connectivity index (χ2n) is 5.12. The Labute approximate surface area is 123 Å². The molecule has 114 valence electrons. The van der Waals surface area contributed by atoms with Crippen molar-refractivity contribution in [2.75, 3.05) is 13.1 Å². The molecular weight excluding hydrogens is 294 g/mol. The maximum Gasteiger partial charge on any atom is 0.307 e. The second kappa shape index (κ2) is 5.95. The van der Waals surface area contributed by atoms with Gasteiger partial charge in [0.1, 0.15) is 0 Å². The summed E-state index contributed by atoms with van der Waals surface area (Å²) in [6.45, 7) is 1.64. The molecule has 6 nitrogen and oxygen atoms in total. The summed E-state index contributed by atoms with van der Waals surface area (Å²) < 4.78 is 26.3. The lowest BCUT2D eigenvalue weighted by atomic mass is 10.0. The summed E-state index contributed by atoms with van der Waals surface area (Å²) in [7, 11) is -3.77. The summed E-state index contributed by atoms with van der Waals surface area (Å²) in [6.07, 6.45) is 0.997. The molecule has 0 radical (unpaired) electrons. The van der Waals surface area contributed by atoms with Crippen LogP contribution in [0.2, 0.25) is 0 Å². The van der Waals surface area contributed by atoms with Crippen LogP contribution >= 0.6 is 0 Å². The quantitative estimate of drug-likeness (QED) is 0.848. The molecule has 0 saturated carbocycles. The molecule has 1 aromatic carbocycles. The van der Waals surface area contributed by atoms with Crippen LogP contribution in [0.3, 0.4) is 0 Å². The first kappa shape index (κ1) is 15.7. The average molecular weight is 311 g/mol. The van der Waals surface area contributed by atoms with E-state index in [4.69, 9.17) is 5.11 Å². The highest BCUT2D eigenvalue weighted by atomic mass is 32.2. The van der Waals surface area contributed by atoms with Crippen LogP contribution in [-0.2, 0) is 14.8 Å². The van der Waals surface area contributed by atoms with E-state index in [0.717, 1.165) is 0 Å². The Bertz CT molecular complexity index is 668. The molecule has 1 saturated heterocycles. The molecule has 21 heavy (non-hydrogen) atoms. The fourth-order valence-electron chi connectivity index (χ4n) is 2.39. The van der Waals surface area contributed by atoms with Crippen molar-refractivity contribution in [3.63, 3.8) is 0 Å². The normalized spacial score (nSPS) is 20.1. The van der Waals surface area contributed by atoms with Gasteiger partial charge >= 0.3 is 5.97 Å². The van der Waals surface area contributed by atoms with Gasteiger partial charge in [-0.25, -0.2) is 8.42 Å². The molecule has 1 atom stereocenters. The third-order valence-electron chi connectivity index (χ3n) is 3.61. The van der Waals surface area contributed by atoms with Crippen LogP contribution in [0.25, 0.3) is 0 Å². The predicted octanol–water partition coefficient (Wildman–Crippen LogP) is 1.37. The molecule has 0 unspecified atom stereocenters. The summed E-state index contributed by atoms with van der Waals surface area (Å²) in [4.78, 5) is 22.4. The van der Waals surface area contributed by atoms with Crippen molar-refractivity contribution in [3.8, 4) is 0 Å². The van der Waals surface area contributed by atoms with Crippen LogP contribution in [0.15, 0.2) is 29.2 Å². The minimum Gasteiger partial charge on any atom is -0.481 e. The molecule has 1 N–H and O–H groups in total. The van der Waals surface area contributed by atoms with Gasteiger partial charge in [-0.2, -0.15) is 4.31 Å². The van der Waals surface area contributed by atoms with Crippen molar-refractivity contribution in [2.45, 2.75) is 24.7 Å². The Morgan fingerprint density at radius 2 is 2.05 bits per heavy atom. The van der Waals surface area contributed by atoms with Gasteiger partial charge in [-0.3, -0.25) is 9.59 Å². The molecule has 1 aliphatic heterocycles. The molecule has 2 rings (SSSR count). The number of Topliss-reactive ketones (excluding diaryl/α,β-unsaturated/α-hetero) is 1. The number of carboxylic acids is 1. The Morgan fingerprint density at radius 3 is 2.67 bits per heavy atom. The molecule has 0 spiro atoms. The van der Waals surface area contributed by atoms with E-state index in [9.17, 15) is 18.0 Å². The molecular formula is C14H17NO5S. The smallest absolute Gasteiger partial charge is 0.307 e. The van der Waals surface area contributed by atoms with E-state index in [1.807, 2.05) is 0 Å². The molecule has 0 amide bonds. The fourth-order valence-corrected chi connectivity index (χ4v) is 3.96. The highest BCUT2D eigenvalue weighted by molar-refractivity contribution is 7.89. The highest BCUT2D eigenvalue weighted by Crippen LogP contribution is 2.24. The topological polar surface area (TPSA) is 91.8 Å². The number of carbonyl (C=O) groups is 2. The van der Waals surface area contributed by atoms with E-state index in [2.05, 4.69) is 0 Å². The lowest BCUT2D eigenvalue weighted by Gasteiger charge is -2.29. The van der Waals surface area contributed by atoms with E-state index in [1.54, 1.807) is 6.07 Å². The van der Waals surface area contributed by atoms with E-state index >= 15 is 0 Å². The molecule has 1 aromatic rings. The zero-order chi connectivity index (χ0) is 15.6. The van der Waals surface area contributed by atoms with Crippen molar-refractivity contribution >= 4 is 21.8 Å². The number of ketones is 1. The third-order valence-corrected chi connectivity index (χ3v) is 5.47. The largest absolute Gasteiger partial charge is 0.481 e. The monoisotopic (exact) mass is 311 g/mol. The van der Waals surface area contributed by atoms with Crippen LogP contribution in [0.4, 0.5) is 0 Å². The van der Waals surface area contributed by atoms with Crippen LogP contribution in [0, 0.1) is 5.92 Å². The van der Waals surface area contributed by atoms with Gasteiger partial charge in [0.25, 0.3) is 0 Å². The maximum atomic E-state index is 12.6. The van der Waals surface area contributed by atoms with Gasteiger partial charge in [0.2, 0.25) is 10.0 Å². The summed E-state index contributed by atoms with van der Waals surface area (Å²) >= 11 is 0. The van der Waals surface area contributed by atoms with Gasteiger partial charge in [-0.1, -0.05) is 12.1 Å². The first-order valence-corrected chi connectivity index (χ1v) is 8.10. The van der Waals surface area contributed by atoms with E-state index in [1.165, 1.54) is 29.4 Å². The predicted molar refractivity (Wildman–Crippen MR) is 75.6 cm³/mol. The van der Waals surface area contributed by atoms with Crippen LogP contribution < -0.4 is 0 Å². The van der Waals surface area contributed by atoms with Crippen LogP contribution in [0.1, 0.15) is 30.1 Å². The number of piperidine rings is 1. The standard InChI is InChI=1S/C14H17NO5S/c1-10(16)11-4-2-6-13(8-11)21(19,20)15-7-3-5-12(9-15)14(17)18/h2,4,6,8,12H,3,5,7,9H2,1H3,(H,17,18)/t12-/m0/s1. The maximum absolute atomic E-state index is 12.6. The Kier molecular flexibility index (Phi) is 4.43. The van der Waals surface area contributed by atoms with Crippen molar-refractivity contribution in [1.29, 1.82) is 0 Å². The Hall–Kier alpha value is -1.73. The molecule has 1 aliphatic rings. The average Bonchev–Trinajstić information content (AvgIpc) is 2.47. The molecule has 0 aromatic heterocycles.